The number of carbonyl (C=O) groups is 1. The third kappa shape index (κ3) is 2.53. The standard InChI is InChI=1S/C12H8BrFN2O2/c13-11-8(14)1-2-9(16-11)10(12(17)18)7-3-5-15-6-4-7/h1-6,10H,(H,17,18). The number of hydrogen-bond donors (Lipinski definition) is 1. The average Bonchev–Trinajstić information content (AvgIpc) is 2.35. The van der Waals surface area contributed by atoms with E-state index >= 15 is 0 Å². The van der Waals surface area contributed by atoms with Gasteiger partial charge in [0, 0.05) is 12.4 Å². The number of carboxylic acids is 1. The molecule has 0 fully saturated rings. The molecule has 1 N–H and O–H groups in total. The molecule has 0 aromatic carbocycles. The molecule has 6 heteroatoms. The second-order valence-corrected chi connectivity index (χ2v) is 4.31. The highest BCUT2D eigenvalue weighted by Gasteiger charge is 2.24. The van der Waals surface area contributed by atoms with E-state index in [1.165, 1.54) is 24.5 Å². The summed E-state index contributed by atoms with van der Waals surface area (Å²) in [6, 6.07) is 5.73. The van der Waals surface area contributed by atoms with Crippen molar-refractivity contribution in [3.8, 4) is 0 Å². The molecule has 2 heterocycles. The Labute approximate surface area is 111 Å². The minimum atomic E-state index is -1.05. The van der Waals surface area contributed by atoms with Crippen LogP contribution < -0.4 is 0 Å². The summed E-state index contributed by atoms with van der Waals surface area (Å²) < 4.78 is 13.1. The van der Waals surface area contributed by atoms with Crippen LogP contribution in [0.25, 0.3) is 0 Å². The highest BCUT2D eigenvalue weighted by Crippen LogP contribution is 2.25. The first-order valence-electron chi connectivity index (χ1n) is 5.04. The van der Waals surface area contributed by atoms with Crippen LogP contribution in [0.2, 0.25) is 0 Å². The Hall–Kier alpha value is -1.82. The van der Waals surface area contributed by atoms with Gasteiger partial charge in [-0.2, -0.15) is 0 Å². The van der Waals surface area contributed by atoms with Gasteiger partial charge < -0.3 is 5.11 Å². The third-order valence-electron chi connectivity index (χ3n) is 2.41. The lowest BCUT2D eigenvalue weighted by Crippen LogP contribution is -2.15. The van der Waals surface area contributed by atoms with Gasteiger partial charge in [-0.3, -0.25) is 9.78 Å². The minimum Gasteiger partial charge on any atom is -0.480 e. The first kappa shape index (κ1) is 12.6. The highest BCUT2D eigenvalue weighted by atomic mass is 79.9. The first-order valence-corrected chi connectivity index (χ1v) is 5.83. The maximum absolute atomic E-state index is 13.1. The lowest BCUT2D eigenvalue weighted by Gasteiger charge is -2.12. The fraction of sp³-hybridized carbons (Fsp3) is 0.0833. The summed E-state index contributed by atoms with van der Waals surface area (Å²) in [6.45, 7) is 0. The Morgan fingerprint density at radius 2 is 1.94 bits per heavy atom. The molecular weight excluding hydrogens is 303 g/mol. The van der Waals surface area contributed by atoms with E-state index in [0.717, 1.165) is 0 Å². The van der Waals surface area contributed by atoms with E-state index in [2.05, 4.69) is 25.9 Å². The molecule has 2 aromatic rings. The monoisotopic (exact) mass is 310 g/mol. The third-order valence-corrected chi connectivity index (χ3v) is 2.96. The van der Waals surface area contributed by atoms with Crippen molar-refractivity contribution < 1.29 is 14.3 Å². The first-order chi connectivity index (χ1) is 8.59. The second-order valence-electron chi connectivity index (χ2n) is 3.56. The van der Waals surface area contributed by atoms with E-state index in [-0.39, 0.29) is 10.3 Å². The number of carboxylic acid groups (broad SMARTS) is 1. The quantitative estimate of drug-likeness (QED) is 0.885. The van der Waals surface area contributed by atoms with Crippen LogP contribution in [0.3, 0.4) is 0 Å². The molecule has 2 aromatic heterocycles. The lowest BCUT2D eigenvalue weighted by molar-refractivity contribution is -0.137. The van der Waals surface area contributed by atoms with Crippen LogP contribution in [0, 0.1) is 5.82 Å². The maximum atomic E-state index is 13.1. The van der Waals surface area contributed by atoms with Gasteiger partial charge in [-0.05, 0) is 45.8 Å². The number of halogens is 2. The molecular formula is C12H8BrFN2O2. The molecule has 0 spiro atoms. The molecule has 1 unspecified atom stereocenters. The van der Waals surface area contributed by atoms with Crippen LogP contribution in [-0.4, -0.2) is 21.0 Å². The van der Waals surface area contributed by atoms with Crippen LogP contribution in [-0.2, 0) is 4.79 Å². The molecule has 0 radical (unpaired) electrons. The number of aliphatic carboxylic acids is 1. The van der Waals surface area contributed by atoms with Crippen molar-refractivity contribution in [2.24, 2.45) is 0 Å². The van der Waals surface area contributed by atoms with Gasteiger partial charge in [0.15, 0.2) is 5.82 Å². The molecule has 4 nitrogen and oxygen atoms in total. The van der Waals surface area contributed by atoms with Crippen LogP contribution in [0.4, 0.5) is 4.39 Å². The number of hydrogen-bond acceptors (Lipinski definition) is 3. The predicted molar refractivity (Wildman–Crippen MR) is 65.6 cm³/mol. The van der Waals surface area contributed by atoms with Crippen LogP contribution in [0.1, 0.15) is 17.2 Å². The number of rotatable bonds is 3. The fourth-order valence-electron chi connectivity index (χ4n) is 1.59. The van der Waals surface area contributed by atoms with Gasteiger partial charge in [-0.15, -0.1) is 0 Å². The Morgan fingerprint density at radius 3 is 2.50 bits per heavy atom. The minimum absolute atomic E-state index is 0.000283. The van der Waals surface area contributed by atoms with Crippen molar-refractivity contribution in [2.75, 3.05) is 0 Å². The molecule has 0 aliphatic carbocycles. The Bertz CT molecular complexity index is 578. The van der Waals surface area contributed by atoms with Gasteiger partial charge in [0.2, 0.25) is 0 Å². The van der Waals surface area contributed by atoms with E-state index in [1.807, 2.05) is 0 Å². The van der Waals surface area contributed by atoms with E-state index in [9.17, 15) is 14.3 Å². The van der Waals surface area contributed by atoms with Gasteiger partial charge in [0.05, 0.1) is 5.69 Å². The van der Waals surface area contributed by atoms with Crippen molar-refractivity contribution in [1.82, 2.24) is 9.97 Å². The van der Waals surface area contributed by atoms with Crippen molar-refractivity contribution in [3.05, 3.63) is 58.3 Å². The summed E-state index contributed by atoms with van der Waals surface area (Å²) in [5, 5.41) is 9.27. The molecule has 0 aliphatic heterocycles. The van der Waals surface area contributed by atoms with Crippen molar-refractivity contribution in [1.29, 1.82) is 0 Å². The topological polar surface area (TPSA) is 63.1 Å². The van der Waals surface area contributed by atoms with Crippen LogP contribution in [0.15, 0.2) is 41.3 Å². The van der Waals surface area contributed by atoms with Gasteiger partial charge in [-0.1, -0.05) is 0 Å². The molecule has 0 saturated heterocycles. The van der Waals surface area contributed by atoms with E-state index in [1.54, 1.807) is 12.1 Å². The van der Waals surface area contributed by atoms with Crippen molar-refractivity contribution in [2.45, 2.75) is 5.92 Å². The van der Waals surface area contributed by atoms with Gasteiger partial charge >= 0.3 is 5.97 Å². The van der Waals surface area contributed by atoms with Crippen LogP contribution in [0.5, 0.6) is 0 Å². The zero-order valence-corrected chi connectivity index (χ0v) is 10.6. The predicted octanol–water partition coefficient (Wildman–Crippen LogP) is 2.59. The highest BCUT2D eigenvalue weighted by molar-refractivity contribution is 9.10. The molecule has 2 rings (SSSR count). The average molecular weight is 311 g/mol. The van der Waals surface area contributed by atoms with Crippen LogP contribution >= 0.6 is 15.9 Å². The summed E-state index contributed by atoms with van der Waals surface area (Å²) >= 11 is 2.94. The van der Waals surface area contributed by atoms with E-state index in [4.69, 9.17) is 0 Å². The molecule has 0 saturated carbocycles. The maximum Gasteiger partial charge on any atom is 0.317 e. The SMILES string of the molecule is O=C(O)C(c1ccncc1)c1ccc(F)c(Br)n1. The summed E-state index contributed by atoms with van der Waals surface area (Å²) in [4.78, 5) is 19.1. The van der Waals surface area contributed by atoms with Crippen molar-refractivity contribution in [3.63, 3.8) is 0 Å². The Kier molecular flexibility index (Phi) is 3.66. The van der Waals surface area contributed by atoms with E-state index in [0.29, 0.717) is 5.56 Å². The fourth-order valence-corrected chi connectivity index (χ4v) is 1.92. The van der Waals surface area contributed by atoms with Gasteiger partial charge in [0.1, 0.15) is 10.5 Å². The number of nitrogens with zero attached hydrogens (tertiary/aromatic N) is 2. The summed E-state index contributed by atoms with van der Waals surface area (Å²) in [7, 11) is 0. The largest absolute Gasteiger partial charge is 0.480 e. The summed E-state index contributed by atoms with van der Waals surface area (Å²) in [6.07, 6.45) is 3.01. The molecule has 1 atom stereocenters. The summed E-state index contributed by atoms with van der Waals surface area (Å²) in [5.41, 5.74) is 0.811. The molecule has 92 valence electrons. The zero-order valence-electron chi connectivity index (χ0n) is 9.05. The smallest absolute Gasteiger partial charge is 0.317 e. The van der Waals surface area contributed by atoms with Gasteiger partial charge in [-0.25, -0.2) is 9.37 Å². The molecule has 0 amide bonds. The van der Waals surface area contributed by atoms with Gasteiger partial charge in [0.25, 0.3) is 0 Å². The Morgan fingerprint density at radius 1 is 1.28 bits per heavy atom. The number of pyridine rings is 2. The lowest BCUT2D eigenvalue weighted by atomic mass is 9.96. The Balaban J connectivity index is 2.49. The molecule has 18 heavy (non-hydrogen) atoms. The second kappa shape index (κ2) is 5.22. The summed E-state index contributed by atoms with van der Waals surface area (Å²) in [5.74, 6) is -2.52. The number of aromatic nitrogens is 2. The molecule has 0 bridgehead atoms. The zero-order chi connectivity index (χ0) is 13.1. The van der Waals surface area contributed by atoms with Crippen molar-refractivity contribution >= 4 is 21.9 Å². The molecule has 0 aliphatic rings. The normalized spacial score (nSPS) is 12.1. The van der Waals surface area contributed by atoms with E-state index < -0.39 is 17.7 Å².